The average molecular weight is 344 g/mol. The van der Waals surface area contributed by atoms with E-state index < -0.39 is 24.2 Å². The van der Waals surface area contributed by atoms with Crippen molar-refractivity contribution >= 4 is 11.6 Å². The Bertz CT molecular complexity index is 704. The molecular formula is C15H15F3N2O4. The lowest BCUT2D eigenvalue weighted by atomic mass is 10.1. The van der Waals surface area contributed by atoms with Gasteiger partial charge < -0.3 is 14.6 Å². The SMILES string of the molecule is CC1=NN(C(=O)CCc2ccc3c(c2)OCO3)[C@](O)(C(F)(F)F)C1. The van der Waals surface area contributed by atoms with E-state index in [-0.39, 0.29) is 30.4 Å². The second-order valence-electron chi connectivity index (χ2n) is 5.72. The maximum Gasteiger partial charge on any atom is 0.438 e. The first kappa shape index (κ1) is 16.6. The summed E-state index contributed by atoms with van der Waals surface area (Å²) in [5, 5.41) is 13.6. The zero-order valence-electron chi connectivity index (χ0n) is 12.8. The minimum atomic E-state index is -4.98. The van der Waals surface area contributed by atoms with Gasteiger partial charge in [-0.3, -0.25) is 4.79 Å². The van der Waals surface area contributed by atoms with Crippen molar-refractivity contribution in [2.75, 3.05) is 6.79 Å². The maximum atomic E-state index is 13.1. The fourth-order valence-corrected chi connectivity index (χ4v) is 2.66. The number of hydrogen-bond acceptors (Lipinski definition) is 5. The lowest BCUT2D eigenvalue weighted by Crippen LogP contribution is -2.56. The standard InChI is InChI=1S/C15H15F3N2O4/c1-9-7-14(22,15(16,17)18)20(19-9)13(21)5-3-10-2-4-11-12(6-10)24-8-23-11/h2,4,6,22H,3,5,7-8H2,1H3/t14-/m1/s1. The third-order valence-corrected chi connectivity index (χ3v) is 3.88. The first-order valence-corrected chi connectivity index (χ1v) is 7.25. The number of amides is 1. The van der Waals surface area contributed by atoms with Crippen LogP contribution in [0.25, 0.3) is 0 Å². The van der Waals surface area contributed by atoms with E-state index in [2.05, 4.69) is 5.10 Å². The van der Waals surface area contributed by atoms with Crippen LogP contribution in [0.3, 0.4) is 0 Å². The fraction of sp³-hybridized carbons (Fsp3) is 0.467. The smallest absolute Gasteiger partial charge is 0.438 e. The van der Waals surface area contributed by atoms with Gasteiger partial charge in [0.1, 0.15) is 0 Å². The van der Waals surface area contributed by atoms with E-state index in [9.17, 15) is 23.1 Å². The summed E-state index contributed by atoms with van der Waals surface area (Å²) in [7, 11) is 0. The Morgan fingerprint density at radius 1 is 1.38 bits per heavy atom. The number of halogens is 3. The van der Waals surface area contributed by atoms with Crippen LogP contribution in [0.2, 0.25) is 0 Å². The van der Waals surface area contributed by atoms with Crippen molar-refractivity contribution in [1.82, 2.24) is 5.01 Å². The molecule has 0 fully saturated rings. The predicted molar refractivity (Wildman–Crippen MR) is 76.5 cm³/mol. The fourth-order valence-electron chi connectivity index (χ4n) is 2.66. The number of hydrogen-bond donors (Lipinski definition) is 1. The number of carbonyl (C=O) groups is 1. The van der Waals surface area contributed by atoms with E-state index in [0.29, 0.717) is 17.1 Å². The lowest BCUT2D eigenvalue weighted by molar-refractivity contribution is -0.302. The molecule has 1 atom stereocenters. The number of aryl methyl sites for hydroxylation is 1. The van der Waals surface area contributed by atoms with E-state index in [1.54, 1.807) is 18.2 Å². The second-order valence-corrected chi connectivity index (χ2v) is 5.72. The molecule has 1 aromatic carbocycles. The van der Waals surface area contributed by atoms with Crippen molar-refractivity contribution in [2.45, 2.75) is 38.1 Å². The molecule has 0 saturated carbocycles. The number of alkyl halides is 3. The Labute approximate surface area is 135 Å². The van der Waals surface area contributed by atoms with Crippen molar-refractivity contribution in [3.8, 4) is 11.5 Å². The molecule has 3 rings (SSSR count). The summed E-state index contributed by atoms with van der Waals surface area (Å²) in [6.45, 7) is 1.44. The highest BCUT2D eigenvalue weighted by molar-refractivity contribution is 5.89. The molecule has 0 bridgehead atoms. The highest BCUT2D eigenvalue weighted by atomic mass is 19.4. The zero-order chi connectivity index (χ0) is 17.5. The van der Waals surface area contributed by atoms with Gasteiger partial charge in [-0.05, 0) is 31.0 Å². The maximum absolute atomic E-state index is 13.1. The molecule has 2 aliphatic rings. The van der Waals surface area contributed by atoms with Gasteiger partial charge in [0, 0.05) is 18.6 Å². The van der Waals surface area contributed by atoms with Gasteiger partial charge in [0.25, 0.3) is 5.72 Å². The summed E-state index contributed by atoms with van der Waals surface area (Å²) < 4.78 is 49.7. The number of fused-ring (bicyclic) bond motifs is 1. The summed E-state index contributed by atoms with van der Waals surface area (Å²) in [4.78, 5) is 12.2. The highest BCUT2D eigenvalue weighted by Crippen LogP contribution is 2.40. The van der Waals surface area contributed by atoms with E-state index in [1.807, 2.05) is 0 Å². The molecule has 9 heteroatoms. The lowest BCUT2D eigenvalue weighted by Gasteiger charge is -2.32. The Kier molecular flexibility index (Phi) is 3.90. The number of hydrazone groups is 1. The van der Waals surface area contributed by atoms with Crippen LogP contribution in [-0.4, -0.2) is 40.4 Å². The van der Waals surface area contributed by atoms with Crippen molar-refractivity contribution < 1.29 is 32.5 Å². The Hall–Kier alpha value is -2.29. The summed E-state index contributed by atoms with van der Waals surface area (Å²) in [5.41, 5.74) is -2.52. The summed E-state index contributed by atoms with van der Waals surface area (Å²) >= 11 is 0. The van der Waals surface area contributed by atoms with Gasteiger partial charge in [-0.1, -0.05) is 6.07 Å². The van der Waals surface area contributed by atoms with Gasteiger partial charge in [0.05, 0.1) is 0 Å². The third kappa shape index (κ3) is 2.79. The molecule has 24 heavy (non-hydrogen) atoms. The summed E-state index contributed by atoms with van der Waals surface area (Å²) in [5.74, 6) is 0.211. The minimum Gasteiger partial charge on any atom is -0.454 e. The van der Waals surface area contributed by atoms with Crippen LogP contribution in [0, 0.1) is 0 Å². The van der Waals surface area contributed by atoms with Crippen molar-refractivity contribution in [1.29, 1.82) is 0 Å². The van der Waals surface area contributed by atoms with Crippen molar-refractivity contribution in [3.05, 3.63) is 23.8 Å². The van der Waals surface area contributed by atoms with E-state index in [1.165, 1.54) is 6.92 Å². The zero-order valence-corrected chi connectivity index (χ0v) is 12.8. The largest absolute Gasteiger partial charge is 0.454 e. The first-order chi connectivity index (χ1) is 11.2. The molecule has 0 aliphatic carbocycles. The number of aliphatic hydroxyl groups is 1. The van der Waals surface area contributed by atoms with Crippen LogP contribution in [0.5, 0.6) is 11.5 Å². The third-order valence-electron chi connectivity index (χ3n) is 3.88. The first-order valence-electron chi connectivity index (χ1n) is 7.25. The van der Waals surface area contributed by atoms with Gasteiger partial charge in [-0.25, -0.2) is 0 Å². The van der Waals surface area contributed by atoms with Gasteiger partial charge in [0.2, 0.25) is 12.7 Å². The topological polar surface area (TPSA) is 71.4 Å². The van der Waals surface area contributed by atoms with Crippen LogP contribution >= 0.6 is 0 Å². The van der Waals surface area contributed by atoms with Crippen LogP contribution in [0.15, 0.2) is 23.3 Å². The molecule has 130 valence electrons. The number of carbonyl (C=O) groups excluding carboxylic acids is 1. The summed E-state index contributed by atoms with van der Waals surface area (Å²) in [6, 6.07) is 5.05. The Morgan fingerprint density at radius 2 is 2.08 bits per heavy atom. The Morgan fingerprint density at radius 3 is 2.79 bits per heavy atom. The average Bonchev–Trinajstić information content (AvgIpc) is 3.08. The highest BCUT2D eigenvalue weighted by Gasteiger charge is 2.62. The minimum absolute atomic E-state index is 0.0475. The normalized spacial score (nSPS) is 22.7. The molecule has 2 heterocycles. The van der Waals surface area contributed by atoms with E-state index >= 15 is 0 Å². The van der Waals surface area contributed by atoms with Gasteiger partial charge >= 0.3 is 6.18 Å². The molecule has 0 spiro atoms. The summed E-state index contributed by atoms with van der Waals surface area (Å²) in [6.07, 6.45) is -5.77. The monoisotopic (exact) mass is 344 g/mol. The second kappa shape index (κ2) is 5.66. The van der Waals surface area contributed by atoms with Crippen molar-refractivity contribution in [2.24, 2.45) is 5.10 Å². The van der Waals surface area contributed by atoms with Gasteiger partial charge in [-0.15, -0.1) is 0 Å². The number of nitrogens with zero attached hydrogens (tertiary/aromatic N) is 2. The molecule has 2 aliphatic heterocycles. The molecule has 0 saturated heterocycles. The quantitative estimate of drug-likeness (QED) is 0.913. The van der Waals surface area contributed by atoms with Crippen LogP contribution in [0.4, 0.5) is 13.2 Å². The van der Waals surface area contributed by atoms with E-state index in [0.717, 1.165) is 0 Å². The number of benzene rings is 1. The molecule has 0 unspecified atom stereocenters. The molecular weight excluding hydrogens is 329 g/mol. The van der Waals surface area contributed by atoms with Crippen LogP contribution < -0.4 is 9.47 Å². The van der Waals surface area contributed by atoms with Crippen molar-refractivity contribution in [3.63, 3.8) is 0 Å². The predicted octanol–water partition coefficient (Wildman–Crippen LogP) is 2.21. The Balaban J connectivity index is 1.70. The molecule has 0 aromatic heterocycles. The van der Waals surface area contributed by atoms with Crippen LogP contribution in [0.1, 0.15) is 25.3 Å². The van der Waals surface area contributed by atoms with Gasteiger partial charge in [-0.2, -0.15) is 23.3 Å². The molecule has 1 amide bonds. The van der Waals surface area contributed by atoms with Crippen LogP contribution in [-0.2, 0) is 11.2 Å². The van der Waals surface area contributed by atoms with Gasteiger partial charge in [0.15, 0.2) is 11.5 Å². The molecule has 6 nitrogen and oxygen atoms in total. The molecule has 1 aromatic rings. The molecule has 0 radical (unpaired) electrons. The molecule has 1 N–H and O–H groups in total. The number of rotatable bonds is 3. The van der Waals surface area contributed by atoms with E-state index in [4.69, 9.17) is 9.47 Å². The number of ether oxygens (including phenoxy) is 2.